The summed E-state index contributed by atoms with van der Waals surface area (Å²) in [6, 6.07) is 23.5. The SMILES string of the molecule is CC(C)(C)OC(=O)NCCC1CCN(C(=O)[C@H](Cc2cccc(C#N)c2)NS(=O)(=O)c2cccc(/C=C/CCNC(=O)OCc3ccccc3)c2)CC1. The zero-order valence-corrected chi connectivity index (χ0v) is 31.4. The van der Waals surface area contributed by atoms with Crippen LogP contribution in [0.4, 0.5) is 9.59 Å². The van der Waals surface area contributed by atoms with Gasteiger partial charge in [0.25, 0.3) is 0 Å². The van der Waals surface area contributed by atoms with Crippen LogP contribution in [0.5, 0.6) is 0 Å². The Labute approximate surface area is 312 Å². The standard InChI is InChI=1S/C40H49N5O7S/c1-40(2,3)52-39(48)43-22-18-30-19-23-45(24-20-30)37(46)36(27-33-15-9-16-34(25-33)28-41)44-53(49,50)35-17-10-14-31(26-35)11-7-8-21-42-38(47)51-29-32-12-5-4-6-13-32/h4-7,9-17,25-26,30,36,44H,8,18-24,27,29H2,1-3H3,(H,42,47)(H,43,48)/b11-7+/t36-/m0/s1. The normalized spacial score (nSPS) is 14.3. The zero-order valence-electron chi connectivity index (χ0n) is 30.5. The molecule has 4 rings (SSSR count). The van der Waals surface area contributed by atoms with Crippen molar-refractivity contribution in [1.29, 1.82) is 5.26 Å². The molecular weight excluding hydrogens is 695 g/mol. The van der Waals surface area contributed by atoms with Crippen LogP contribution in [0.15, 0.2) is 89.8 Å². The maximum atomic E-state index is 14.0. The number of nitriles is 1. The van der Waals surface area contributed by atoms with Gasteiger partial charge in [0, 0.05) is 26.2 Å². The summed E-state index contributed by atoms with van der Waals surface area (Å²) in [4.78, 5) is 39.7. The van der Waals surface area contributed by atoms with E-state index >= 15 is 0 Å². The number of nitrogens with zero attached hydrogens (tertiary/aromatic N) is 2. The van der Waals surface area contributed by atoms with Gasteiger partial charge in [-0.25, -0.2) is 18.0 Å². The van der Waals surface area contributed by atoms with Crippen LogP contribution in [0.1, 0.15) is 68.7 Å². The molecule has 0 aliphatic carbocycles. The van der Waals surface area contributed by atoms with E-state index in [-0.39, 0.29) is 29.7 Å². The molecule has 1 aliphatic heterocycles. The van der Waals surface area contributed by atoms with Crippen molar-refractivity contribution in [2.45, 2.75) is 76.0 Å². The molecule has 12 nitrogen and oxygen atoms in total. The number of piperidine rings is 1. The number of hydrogen-bond acceptors (Lipinski definition) is 8. The van der Waals surface area contributed by atoms with Gasteiger partial charge in [-0.3, -0.25) is 4.79 Å². The third kappa shape index (κ3) is 14.0. The van der Waals surface area contributed by atoms with Gasteiger partial charge in [0.05, 0.1) is 16.5 Å². The first-order valence-corrected chi connectivity index (χ1v) is 19.3. The molecule has 3 aromatic rings. The molecule has 3 N–H and O–H groups in total. The molecule has 0 radical (unpaired) electrons. The fourth-order valence-corrected chi connectivity index (χ4v) is 7.07. The summed E-state index contributed by atoms with van der Waals surface area (Å²) in [5.41, 5.74) is 2.01. The van der Waals surface area contributed by atoms with Gasteiger partial charge in [0.15, 0.2) is 0 Å². The molecular formula is C40H49N5O7S. The Kier molecular flexibility index (Phi) is 15.0. The summed E-state index contributed by atoms with van der Waals surface area (Å²) in [6.45, 7) is 7.28. The van der Waals surface area contributed by atoms with Crippen LogP contribution in [-0.4, -0.2) is 69.2 Å². The van der Waals surface area contributed by atoms with Crippen molar-refractivity contribution >= 4 is 34.2 Å². The number of ether oxygens (including phenoxy) is 2. The largest absolute Gasteiger partial charge is 0.445 e. The molecule has 282 valence electrons. The minimum atomic E-state index is -4.14. The summed E-state index contributed by atoms with van der Waals surface area (Å²) in [7, 11) is -4.14. The molecule has 53 heavy (non-hydrogen) atoms. The zero-order chi connectivity index (χ0) is 38.3. The van der Waals surface area contributed by atoms with Crippen LogP contribution in [0.3, 0.4) is 0 Å². The van der Waals surface area contributed by atoms with Gasteiger partial charge < -0.3 is 25.0 Å². The number of hydrogen-bond donors (Lipinski definition) is 3. The Morgan fingerprint density at radius 2 is 1.62 bits per heavy atom. The highest BCUT2D eigenvalue weighted by atomic mass is 32.2. The van der Waals surface area contributed by atoms with Gasteiger partial charge in [-0.1, -0.05) is 66.7 Å². The minimum Gasteiger partial charge on any atom is -0.445 e. The number of alkyl carbamates (subject to hydrolysis) is 2. The summed E-state index contributed by atoms with van der Waals surface area (Å²) in [5.74, 6) is -0.0522. The molecule has 0 aromatic heterocycles. The number of rotatable bonds is 15. The lowest BCUT2D eigenvalue weighted by atomic mass is 9.93. The highest BCUT2D eigenvalue weighted by molar-refractivity contribution is 7.89. The maximum absolute atomic E-state index is 14.0. The van der Waals surface area contributed by atoms with Gasteiger partial charge in [-0.05, 0) is 99.7 Å². The van der Waals surface area contributed by atoms with Gasteiger partial charge >= 0.3 is 12.2 Å². The van der Waals surface area contributed by atoms with E-state index < -0.39 is 33.9 Å². The van der Waals surface area contributed by atoms with E-state index in [4.69, 9.17) is 9.47 Å². The first-order valence-electron chi connectivity index (χ1n) is 17.8. The van der Waals surface area contributed by atoms with Gasteiger partial charge in [0.2, 0.25) is 15.9 Å². The lowest BCUT2D eigenvalue weighted by Gasteiger charge is -2.34. The number of sulfonamides is 1. The quantitative estimate of drug-likeness (QED) is 0.161. The second kappa shape index (κ2) is 19.6. The number of likely N-dealkylation sites (tertiary alicyclic amines) is 1. The fraction of sp³-hybridized carbons (Fsp3) is 0.400. The van der Waals surface area contributed by atoms with Crippen molar-refractivity contribution < 1.29 is 32.3 Å². The van der Waals surface area contributed by atoms with Crippen LogP contribution >= 0.6 is 0 Å². The molecule has 13 heteroatoms. The molecule has 0 unspecified atom stereocenters. The lowest BCUT2D eigenvalue weighted by Crippen LogP contribution is -2.51. The van der Waals surface area contributed by atoms with Crippen molar-refractivity contribution in [2.24, 2.45) is 5.92 Å². The van der Waals surface area contributed by atoms with Crippen molar-refractivity contribution in [3.05, 3.63) is 107 Å². The monoisotopic (exact) mass is 743 g/mol. The molecule has 0 bridgehead atoms. The number of carbonyl (C=O) groups excluding carboxylic acids is 3. The van der Waals surface area contributed by atoms with E-state index in [9.17, 15) is 28.1 Å². The van der Waals surface area contributed by atoms with E-state index in [1.165, 1.54) is 12.1 Å². The van der Waals surface area contributed by atoms with Gasteiger partial charge in [0.1, 0.15) is 18.2 Å². The fourth-order valence-electron chi connectivity index (χ4n) is 5.83. The number of nitrogens with one attached hydrogen (secondary N) is 3. The highest BCUT2D eigenvalue weighted by Crippen LogP contribution is 2.22. The van der Waals surface area contributed by atoms with Crippen LogP contribution < -0.4 is 15.4 Å². The minimum absolute atomic E-state index is 0.00188. The summed E-state index contributed by atoms with van der Waals surface area (Å²) in [6.07, 6.45) is 5.31. The predicted octanol–water partition coefficient (Wildman–Crippen LogP) is 5.93. The number of amides is 3. The Morgan fingerprint density at radius 3 is 2.34 bits per heavy atom. The number of benzene rings is 3. The predicted molar refractivity (Wildman–Crippen MR) is 202 cm³/mol. The van der Waals surface area contributed by atoms with E-state index in [0.717, 1.165) is 12.0 Å². The molecule has 3 amide bonds. The smallest absolute Gasteiger partial charge is 0.407 e. The van der Waals surface area contributed by atoms with E-state index in [2.05, 4.69) is 21.4 Å². The third-order valence-corrected chi connectivity index (χ3v) is 9.98. The Morgan fingerprint density at radius 1 is 0.925 bits per heavy atom. The average Bonchev–Trinajstić information content (AvgIpc) is 3.13. The van der Waals surface area contributed by atoms with Crippen molar-refractivity contribution in [3.63, 3.8) is 0 Å². The second-order valence-corrected chi connectivity index (χ2v) is 15.6. The summed E-state index contributed by atoms with van der Waals surface area (Å²) < 4.78 is 40.7. The van der Waals surface area contributed by atoms with Crippen LogP contribution in [0.2, 0.25) is 0 Å². The van der Waals surface area contributed by atoms with Crippen LogP contribution in [0.25, 0.3) is 6.08 Å². The van der Waals surface area contributed by atoms with Crippen LogP contribution in [-0.2, 0) is 37.3 Å². The highest BCUT2D eigenvalue weighted by Gasteiger charge is 2.32. The molecule has 0 spiro atoms. The molecule has 1 fully saturated rings. The third-order valence-electron chi connectivity index (χ3n) is 8.51. The van der Waals surface area contributed by atoms with E-state index in [1.807, 2.05) is 36.4 Å². The van der Waals surface area contributed by atoms with Crippen molar-refractivity contribution in [2.75, 3.05) is 26.2 Å². The Bertz CT molecular complexity index is 1860. The summed E-state index contributed by atoms with van der Waals surface area (Å²) in [5, 5.41) is 14.9. The van der Waals surface area contributed by atoms with Gasteiger partial charge in [-0.2, -0.15) is 9.98 Å². The molecule has 1 aliphatic rings. The second-order valence-electron chi connectivity index (χ2n) is 13.9. The molecule has 0 saturated carbocycles. The number of carbonyl (C=O) groups is 3. The first-order chi connectivity index (χ1) is 25.3. The first kappa shape index (κ1) is 40.6. The maximum Gasteiger partial charge on any atom is 0.407 e. The molecule has 1 heterocycles. The average molecular weight is 744 g/mol. The molecule has 1 saturated heterocycles. The Balaban J connectivity index is 1.35. The van der Waals surface area contributed by atoms with E-state index in [0.29, 0.717) is 62.1 Å². The van der Waals surface area contributed by atoms with E-state index in [1.54, 1.807) is 68.1 Å². The van der Waals surface area contributed by atoms with Crippen LogP contribution in [0, 0.1) is 17.2 Å². The van der Waals surface area contributed by atoms with Crippen molar-refractivity contribution in [3.8, 4) is 6.07 Å². The van der Waals surface area contributed by atoms with Gasteiger partial charge in [-0.15, -0.1) is 0 Å². The topological polar surface area (TPSA) is 167 Å². The summed E-state index contributed by atoms with van der Waals surface area (Å²) >= 11 is 0. The molecule has 1 atom stereocenters. The molecule has 3 aromatic carbocycles. The van der Waals surface area contributed by atoms with Crippen molar-refractivity contribution in [1.82, 2.24) is 20.3 Å². The Hall–Kier alpha value is -5.19. The lowest BCUT2D eigenvalue weighted by molar-refractivity contribution is -0.134.